The van der Waals surface area contributed by atoms with Crippen LogP contribution in [0.25, 0.3) is 0 Å². The molecule has 1 N–H and O–H groups in total. The Labute approximate surface area is 163 Å². The Morgan fingerprint density at radius 1 is 1.32 bits per heavy atom. The fraction of sp³-hybridized carbons (Fsp3) is 0.450. The Balaban J connectivity index is 1.56. The number of hydrogen-bond acceptors (Lipinski definition) is 4. The van der Waals surface area contributed by atoms with Crippen LogP contribution in [-0.4, -0.2) is 42.2 Å². The predicted octanol–water partition coefficient (Wildman–Crippen LogP) is 3.09. The summed E-state index contributed by atoms with van der Waals surface area (Å²) in [5.41, 5.74) is 1.96. The number of benzene rings is 1. The van der Waals surface area contributed by atoms with E-state index in [1.807, 2.05) is 19.3 Å². The number of nitrogens with zero attached hydrogens (tertiary/aromatic N) is 2. The monoisotopic (exact) mass is 393 g/mol. The van der Waals surface area contributed by atoms with Crippen LogP contribution < -0.4 is 14.8 Å². The van der Waals surface area contributed by atoms with Gasteiger partial charge in [0.15, 0.2) is 11.5 Å². The van der Waals surface area contributed by atoms with Gasteiger partial charge in [0.05, 0.1) is 19.7 Å². The van der Waals surface area contributed by atoms with Crippen LogP contribution in [0.5, 0.6) is 11.5 Å². The van der Waals surface area contributed by atoms with Crippen molar-refractivity contribution in [3.8, 4) is 11.5 Å². The first-order chi connectivity index (χ1) is 13.5. The zero-order valence-corrected chi connectivity index (χ0v) is 16.0. The fourth-order valence-electron chi connectivity index (χ4n) is 3.63. The second kappa shape index (κ2) is 9.05. The largest absolute Gasteiger partial charge is 0.493 e. The van der Waals surface area contributed by atoms with Crippen LogP contribution in [0.4, 0.5) is 8.78 Å². The van der Waals surface area contributed by atoms with Gasteiger partial charge in [0.2, 0.25) is 5.91 Å². The molecule has 2 aromatic rings. The van der Waals surface area contributed by atoms with E-state index in [0.29, 0.717) is 6.54 Å². The molecule has 1 amide bonds. The first-order valence-electron chi connectivity index (χ1n) is 9.21. The number of aryl methyl sites for hydroxylation is 1. The summed E-state index contributed by atoms with van der Waals surface area (Å²) < 4.78 is 36.4. The summed E-state index contributed by atoms with van der Waals surface area (Å²) in [4.78, 5) is 14.6. The van der Waals surface area contributed by atoms with Crippen LogP contribution in [0.15, 0.2) is 36.5 Å². The SMILES string of the molecule is COc1cc(CNC(=O)CN2CCC[C@@H]2c2cccn2C)ccc1OC(F)F. The van der Waals surface area contributed by atoms with Gasteiger partial charge in [-0.15, -0.1) is 0 Å². The molecular formula is C20H25F2N3O3. The number of carbonyl (C=O) groups excluding carboxylic acids is 1. The van der Waals surface area contributed by atoms with Crippen molar-refractivity contribution in [3.63, 3.8) is 0 Å². The van der Waals surface area contributed by atoms with Gasteiger partial charge in [-0.05, 0) is 49.2 Å². The fourth-order valence-corrected chi connectivity index (χ4v) is 3.63. The summed E-state index contributed by atoms with van der Waals surface area (Å²) in [5.74, 6) is 0.0957. The number of hydrogen-bond donors (Lipinski definition) is 1. The van der Waals surface area contributed by atoms with Crippen molar-refractivity contribution in [3.05, 3.63) is 47.8 Å². The highest BCUT2D eigenvalue weighted by atomic mass is 19.3. The molecular weight excluding hydrogens is 368 g/mol. The number of aromatic nitrogens is 1. The third kappa shape index (κ3) is 4.81. The molecule has 1 fully saturated rings. The van der Waals surface area contributed by atoms with Gasteiger partial charge in [-0.2, -0.15) is 8.78 Å². The highest BCUT2D eigenvalue weighted by molar-refractivity contribution is 5.78. The predicted molar refractivity (Wildman–Crippen MR) is 100 cm³/mol. The van der Waals surface area contributed by atoms with E-state index >= 15 is 0 Å². The number of rotatable bonds is 8. The Hall–Kier alpha value is -2.61. The summed E-state index contributed by atoms with van der Waals surface area (Å²) in [7, 11) is 3.40. The second-order valence-electron chi connectivity index (χ2n) is 6.81. The molecule has 0 radical (unpaired) electrons. The average Bonchev–Trinajstić information content (AvgIpc) is 3.28. The standard InChI is InChI=1S/C20H25F2N3O3/c1-24-9-3-5-15(24)16-6-4-10-25(16)13-19(26)23-12-14-7-8-17(28-20(21)22)18(11-14)27-2/h3,5,7-9,11,16,20H,4,6,10,12-13H2,1-2H3,(H,23,26)/t16-/m1/s1. The van der Waals surface area contributed by atoms with Crippen LogP contribution in [0.2, 0.25) is 0 Å². The van der Waals surface area contributed by atoms with Crippen molar-refractivity contribution in [2.45, 2.75) is 32.0 Å². The quantitative estimate of drug-likeness (QED) is 0.749. The molecule has 152 valence electrons. The van der Waals surface area contributed by atoms with Gasteiger partial charge in [-0.25, -0.2) is 0 Å². The van der Waals surface area contributed by atoms with E-state index in [9.17, 15) is 13.6 Å². The minimum absolute atomic E-state index is 0.0324. The maximum absolute atomic E-state index is 12.4. The number of methoxy groups -OCH3 is 1. The third-order valence-electron chi connectivity index (χ3n) is 4.97. The van der Waals surface area contributed by atoms with Gasteiger partial charge in [-0.1, -0.05) is 6.07 Å². The Morgan fingerprint density at radius 3 is 2.82 bits per heavy atom. The van der Waals surface area contributed by atoms with E-state index in [-0.39, 0.29) is 30.0 Å². The second-order valence-corrected chi connectivity index (χ2v) is 6.81. The van der Waals surface area contributed by atoms with Crippen molar-refractivity contribution in [1.82, 2.24) is 14.8 Å². The highest BCUT2D eigenvalue weighted by Gasteiger charge is 2.28. The van der Waals surface area contributed by atoms with Crippen molar-refractivity contribution in [2.75, 3.05) is 20.2 Å². The lowest BCUT2D eigenvalue weighted by molar-refractivity contribution is -0.122. The molecule has 1 aromatic carbocycles. The third-order valence-corrected chi connectivity index (χ3v) is 4.97. The van der Waals surface area contributed by atoms with Crippen LogP contribution in [0.3, 0.4) is 0 Å². The number of likely N-dealkylation sites (tertiary alicyclic amines) is 1. The normalized spacial score (nSPS) is 17.1. The lowest BCUT2D eigenvalue weighted by atomic mass is 10.1. The van der Waals surface area contributed by atoms with E-state index in [4.69, 9.17) is 4.74 Å². The molecule has 1 aliphatic heterocycles. The smallest absolute Gasteiger partial charge is 0.387 e. The van der Waals surface area contributed by atoms with Gasteiger partial charge >= 0.3 is 6.61 Å². The molecule has 1 aromatic heterocycles. The lowest BCUT2D eigenvalue weighted by Gasteiger charge is -2.24. The molecule has 0 bridgehead atoms. The number of halogens is 2. The Bertz CT molecular complexity index is 810. The molecule has 2 heterocycles. The van der Waals surface area contributed by atoms with Gasteiger partial charge in [0.1, 0.15) is 0 Å². The summed E-state index contributed by atoms with van der Waals surface area (Å²) in [6.45, 7) is -1.43. The van der Waals surface area contributed by atoms with Crippen LogP contribution in [-0.2, 0) is 18.4 Å². The molecule has 8 heteroatoms. The minimum atomic E-state index is -2.92. The first-order valence-corrected chi connectivity index (χ1v) is 9.21. The maximum Gasteiger partial charge on any atom is 0.387 e. The number of amides is 1. The number of ether oxygens (including phenoxy) is 2. The summed E-state index contributed by atoms with van der Waals surface area (Å²) in [5, 5.41) is 2.89. The topological polar surface area (TPSA) is 55.7 Å². The molecule has 3 rings (SSSR count). The van der Waals surface area contributed by atoms with Crippen molar-refractivity contribution in [1.29, 1.82) is 0 Å². The van der Waals surface area contributed by atoms with E-state index in [2.05, 4.69) is 25.6 Å². The number of carbonyl (C=O) groups is 1. The number of nitrogens with one attached hydrogen (secondary N) is 1. The van der Waals surface area contributed by atoms with Crippen molar-refractivity contribution < 1.29 is 23.0 Å². The zero-order valence-electron chi connectivity index (χ0n) is 16.0. The van der Waals surface area contributed by atoms with Crippen LogP contribution in [0, 0.1) is 0 Å². The van der Waals surface area contributed by atoms with Crippen LogP contribution >= 0.6 is 0 Å². The summed E-state index contributed by atoms with van der Waals surface area (Å²) in [6, 6.07) is 8.98. The molecule has 1 atom stereocenters. The molecule has 0 aliphatic carbocycles. The molecule has 1 aliphatic rings. The summed E-state index contributed by atoms with van der Waals surface area (Å²) in [6.07, 6.45) is 4.11. The molecule has 0 unspecified atom stereocenters. The van der Waals surface area contributed by atoms with E-state index in [1.54, 1.807) is 12.1 Å². The lowest BCUT2D eigenvalue weighted by Crippen LogP contribution is -2.37. The van der Waals surface area contributed by atoms with Gasteiger partial charge < -0.3 is 19.4 Å². The van der Waals surface area contributed by atoms with Crippen molar-refractivity contribution >= 4 is 5.91 Å². The van der Waals surface area contributed by atoms with Gasteiger partial charge in [-0.3, -0.25) is 9.69 Å². The Morgan fingerprint density at radius 2 is 2.14 bits per heavy atom. The molecule has 0 spiro atoms. The Kier molecular flexibility index (Phi) is 6.51. The average molecular weight is 393 g/mol. The summed E-state index contributed by atoms with van der Waals surface area (Å²) >= 11 is 0. The first kappa shape index (κ1) is 20.1. The molecule has 6 nitrogen and oxygen atoms in total. The van der Waals surface area contributed by atoms with E-state index < -0.39 is 6.61 Å². The van der Waals surface area contributed by atoms with Crippen molar-refractivity contribution in [2.24, 2.45) is 7.05 Å². The molecule has 1 saturated heterocycles. The van der Waals surface area contributed by atoms with Crippen LogP contribution in [0.1, 0.15) is 30.1 Å². The molecule has 28 heavy (non-hydrogen) atoms. The maximum atomic E-state index is 12.4. The minimum Gasteiger partial charge on any atom is -0.493 e. The van der Waals surface area contributed by atoms with Gasteiger partial charge in [0.25, 0.3) is 0 Å². The number of alkyl halides is 2. The van der Waals surface area contributed by atoms with Gasteiger partial charge in [0, 0.05) is 25.5 Å². The molecule has 0 saturated carbocycles. The zero-order chi connectivity index (χ0) is 20.1. The van der Waals surface area contributed by atoms with E-state index in [1.165, 1.54) is 18.9 Å². The van der Waals surface area contributed by atoms with E-state index in [0.717, 1.165) is 24.9 Å². The highest BCUT2D eigenvalue weighted by Crippen LogP contribution is 2.31.